The minimum Gasteiger partial charge on any atom is -0.382 e. The standard InChI is InChI=1S/C36H28F7N7O2/c1-16-26-27-31(36(41,42)43)49-50(32(27)35(39,40)28(16)26)15-25(51)46-24(13-17-11-18(37)14-19(38)12-17)30-22(8-7-20(45-30)9-10-34(2,3)52)21-5-4-6-23-29(21)47-48-33(23)44/h4-8,11-12,14,24,26,28,52H,1,13,15H2,2-3H3,(H,46,51)(H3,44,47,48)/t24?,26-,28-/m1/s1. The molecule has 268 valence electrons. The summed E-state index contributed by atoms with van der Waals surface area (Å²) in [6, 6.07) is 9.60. The van der Waals surface area contributed by atoms with Crippen LogP contribution in [-0.4, -0.2) is 41.6 Å². The van der Waals surface area contributed by atoms with Gasteiger partial charge in [-0.05, 0) is 62.1 Å². The Hall–Kier alpha value is -5.69. The summed E-state index contributed by atoms with van der Waals surface area (Å²) in [6.45, 7) is 5.32. The van der Waals surface area contributed by atoms with E-state index in [1.54, 1.807) is 24.3 Å². The fraction of sp³-hybridized carbons (Fsp3) is 0.278. The fourth-order valence-corrected chi connectivity index (χ4v) is 6.80. The number of benzene rings is 2. The molecule has 52 heavy (non-hydrogen) atoms. The summed E-state index contributed by atoms with van der Waals surface area (Å²) in [5.74, 6) is -3.89. The van der Waals surface area contributed by atoms with E-state index in [0.29, 0.717) is 32.8 Å². The summed E-state index contributed by atoms with van der Waals surface area (Å²) >= 11 is 0. The smallest absolute Gasteiger partial charge is 0.382 e. The van der Waals surface area contributed by atoms with Gasteiger partial charge < -0.3 is 16.2 Å². The van der Waals surface area contributed by atoms with Gasteiger partial charge in [-0.1, -0.05) is 30.2 Å². The number of alkyl halides is 5. The Morgan fingerprint density at radius 3 is 2.52 bits per heavy atom. The van der Waals surface area contributed by atoms with Gasteiger partial charge in [-0.25, -0.2) is 13.8 Å². The number of anilines is 1. The molecular formula is C36H28F7N7O2. The number of aromatic amines is 1. The molecule has 3 heterocycles. The van der Waals surface area contributed by atoms with E-state index in [0.717, 1.165) is 12.1 Å². The summed E-state index contributed by atoms with van der Waals surface area (Å²) < 4.78 is 102. The molecule has 5 aromatic rings. The molecule has 7 rings (SSSR count). The van der Waals surface area contributed by atoms with Crippen LogP contribution in [0, 0.1) is 29.4 Å². The number of amides is 1. The number of para-hydroxylation sites is 1. The highest BCUT2D eigenvalue weighted by atomic mass is 19.4. The van der Waals surface area contributed by atoms with Crippen molar-refractivity contribution in [1.82, 2.24) is 30.3 Å². The number of allylic oxidation sites excluding steroid dienone is 1. The molecule has 1 fully saturated rings. The van der Waals surface area contributed by atoms with E-state index < -0.39 is 76.6 Å². The number of hydrogen-bond acceptors (Lipinski definition) is 6. The molecule has 9 nitrogen and oxygen atoms in total. The van der Waals surface area contributed by atoms with Crippen LogP contribution in [0.1, 0.15) is 59.7 Å². The maximum Gasteiger partial charge on any atom is 0.435 e. The second-order valence-electron chi connectivity index (χ2n) is 13.3. The number of halogens is 7. The monoisotopic (exact) mass is 723 g/mol. The molecule has 16 heteroatoms. The zero-order valence-electron chi connectivity index (χ0n) is 27.3. The predicted octanol–water partition coefficient (Wildman–Crippen LogP) is 6.30. The Balaban J connectivity index is 1.35. The maximum absolute atomic E-state index is 15.4. The lowest BCUT2D eigenvalue weighted by Crippen LogP contribution is -2.35. The van der Waals surface area contributed by atoms with Crippen molar-refractivity contribution in [1.29, 1.82) is 0 Å². The Bertz CT molecular complexity index is 2340. The summed E-state index contributed by atoms with van der Waals surface area (Å²) in [7, 11) is 0. The number of fused-ring (bicyclic) bond motifs is 4. The van der Waals surface area contributed by atoms with Gasteiger partial charge in [-0.3, -0.25) is 14.6 Å². The van der Waals surface area contributed by atoms with Crippen LogP contribution >= 0.6 is 0 Å². The van der Waals surface area contributed by atoms with Crippen molar-refractivity contribution < 1.29 is 40.6 Å². The van der Waals surface area contributed by atoms with E-state index in [-0.39, 0.29) is 34.8 Å². The molecule has 3 atom stereocenters. The number of rotatable bonds is 7. The Kier molecular flexibility index (Phi) is 7.98. The fourth-order valence-electron chi connectivity index (χ4n) is 6.80. The Labute approximate surface area is 290 Å². The van der Waals surface area contributed by atoms with Crippen molar-refractivity contribution in [3.05, 3.63) is 106 Å². The number of hydrogen-bond donors (Lipinski definition) is 4. The quantitative estimate of drug-likeness (QED) is 0.0886. The molecule has 0 radical (unpaired) electrons. The third-order valence-corrected chi connectivity index (χ3v) is 8.96. The molecule has 2 aromatic carbocycles. The molecule has 3 aromatic heterocycles. The van der Waals surface area contributed by atoms with Gasteiger partial charge in [0, 0.05) is 34.1 Å². The predicted molar refractivity (Wildman–Crippen MR) is 174 cm³/mol. The second-order valence-corrected chi connectivity index (χ2v) is 13.3. The van der Waals surface area contributed by atoms with Crippen molar-refractivity contribution in [3.8, 4) is 23.0 Å². The summed E-state index contributed by atoms with van der Waals surface area (Å²) in [5.41, 5.74) is 2.85. The van der Waals surface area contributed by atoms with Gasteiger partial charge in [0.15, 0.2) is 11.5 Å². The highest BCUT2D eigenvalue weighted by Crippen LogP contribution is 2.71. The SMILES string of the molecule is C=C1[C@@H]2c3c(C(F)(F)F)nn(CC(=O)NC(Cc4cc(F)cc(F)c4)c4nc(C#CC(C)(C)O)ccc4-c4cccc5c(N)n[nH]c45)c3C(F)(F)[C@H]12. The number of nitrogens with zero attached hydrogens (tertiary/aromatic N) is 4. The normalized spacial score (nSPS) is 18.1. The zero-order chi connectivity index (χ0) is 37.5. The van der Waals surface area contributed by atoms with Gasteiger partial charge in [-0.15, -0.1) is 0 Å². The van der Waals surface area contributed by atoms with Gasteiger partial charge in [0.1, 0.15) is 35.2 Å². The van der Waals surface area contributed by atoms with Crippen LogP contribution in [0.2, 0.25) is 0 Å². The Morgan fingerprint density at radius 2 is 1.85 bits per heavy atom. The molecule has 1 amide bonds. The number of carbonyl (C=O) groups excluding carboxylic acids is 1. The third kappa shape index (κ3) is 6.14. The number of carbonyl (C=O) groups is 1. The van der Waals surface area contributed by atoms with Gasteiger partial charge in [0.05, 0.1) is 23.2 Å². The number of pyridine rings is 1. The maximum atomic E-state index is 15.4. The second kappa shape index (κ2) is 11.9. The van der Waals surface area contributed by atoms with Crippen molar-refractivity contribution in [2.75, 3.05) is 5.73 Å². The highest BCUT2D eigenvalue weighted by Gasteiger charge is 2.71. The van der Waals surface area contributed by atoms with E-state index in [1.807, 2.05) is 0 Å². The van der Waals surface area contributed by atoms with Crippen LogP contribution in [0.5, 0.6) is 0 Å². The lowest BCUT2D eigenvalue weighted by atomic mass is 9.93. The lowest BCUT2D eigenvalue weighted by molar-refractivity contribution is -0.142. The third-order valence-electron chi connectivity index (χ3n) is 8.96. The number of H-pyrrole nitrogens is 1. The van der Waals surface area contributed by atoms with Gasteiger partial charge in [-0.2, -0.15) is 32.1 Å². The molecular weight excluding hydrogens is 695 g/mol. The van der Waals surface area contributed by atoms with E-state index in [9.17, 15) is 31.9 Å². The molecule has 1 unspecified atom stereocenters. The molecule has 2 aliphatic rings. The number of nitrogens with one attached hydrogen (secondary N) is 2. The first kappa shape index (κ1) is 34.7. The summed E-state index contributed by atoms with van der Waals surface area (Å²) in [5, 5.41) is 23.7. The van der Waals surface area contributed by atoms with Gasteiger partial charge in [0.25, 0.3) is 5.92 Å². The van der Waals surface area contributed by atoms with Crippen LogP contribution in [0.4, 0.5) is 36.6 Å². The number of nitrogens with two attached hydrogens (primary N) is 1. The Morgan fingerprint density at radius 1 is 1.13 bits per heavy atom. The highest BCUT2D eigenvalue weighted by molar-refractivity contribution is 5.99. The molecule has 1 saturated carbocycles. The summed E-state index contributed by atoms with van der Waals surface area (Å²) in [4.78, 5) is 18.4. The van der Waals surface area contributed by atoms with Crippen molar-refractivity contribution in [2.45, 2.75) is 56.5 Å². The van der Waals surface area contributed by atoms with Crippen LogP contribution in [0.25, 0.3) is 22.0 Å². The van der Waals surface area contributed by atoms with E-state index in [1.165, 1.54) is 19.9 Å². The molecule has 2 aliphatic carbocycles. The van der Waals surface area contributed by atoms with Crippen LogP contribution in [0.15, 0.2) is 60.7 Å². The first-order chi connectivity index (χ1) is 24.3. The van der Waals surface area contributed by atoms with E-state index in [4.69, 9.17) is 5.73 Å². The van der Waals surface area contributed by atoms with Crippen molar-refractivity contribution in [3.63, 3.8) is 0 Å². The minimum atomic E-state index is -5.09. The average Bonchev–Trinajstić information content (AvgIpc) is 3.27. The minimum absolute atomic E-state index is 0.0467. The molecule has 0 saturated heterocycles. The van der Waals surface area contributed by atoms with Crippen LogP contribution in [-0.2, 0) is 29.9 Å². The molecule has 5 N–H and O–H groups in total. The van der Waals surface area contributed by atoms with Crippen molar-refractivity contribution in [2.24, 2.45) is 5.92 Å². The van der Waals surface area contributed by atoms with Gasteiger partial charge >= 0.3 is 6.18 Å². The first-order valence-corrected chi connectivity index (χ1v) is 15.8. The largest absolute Gasteiger partial charge is 0.435 e. The molecule has 0 spiro atoms. The average molecular weight is 724 g/mol. The number of aliphatic hydroxyl groups is 1. The molecule has 0 aliphatic heterocycles. The number of nitrogen functional groups attached to an aromatic ring is 1. The van der Waals surface area contributed by atoms with Crippen LogP contribution in [0.3, 0.4) is 0 Å². The number of aromatic nitrogens is 5. The first-order valence-electron chi connectivity index (χ1n) is 15.8. The van der Waals surface area contributed by atoms with Gasteiger partial charge in [0.2, 0.25) is 5.91 Å². The van der Waals surface area contributed by atoms with E-state index >= 15 is 8.78 Å². The van der Waals surface area contributed by atoms with Crippen molar-refractivity contribution >= 4 is 22.6 Å². The molecule has 0 bridgehead atoms. The van der Waals surface area contributed by atoms with E-state index in [2.05, 4.69) is 44.0 Å². The summed E-state index contributed by atoms with van der Waals surface area (Å²) in [6.07, 6.45) is -5.42. The topological polar surface area (TPSA) is 135 Å². The zero-order valence-corrected chi connectivity index (χ0v) is 27.3. The van der Waals surface area contributed by atoms with Crippen LogP contribution < -0.4 is 11.1 Å². The lowest BCUT2D eigenvalue weighted by Gasteiger charge is -2.23.